The highest BCUT2D eigenvalue weighted by molar-refractivity contribution is 6.31. The summed E-state index contributed by atoms with van der Waals surface area (Å²) in [5, 5.41) is 4.29. The van der Waals surface area contributed by atoms with Crippen molar-refractivity contribution in [3.63, 3.8) is 0 Å². The van der Waals surface area contributed by atoms with Crippen LogP contribution in [0.3, 0.4) is 0 Å². The molecule has 1 atom stereocenters. The lowest BCUT2D eigenvalue weighted by molar-refractivity contribution is 0.354. The van der Waals surface area contributed by atoms with Gasteiger partial charge in [-0.25, -0.2) is 4.98 Å². The quantitative estimate of drug-likeness (QED) is 0.926. The van der Waals surface area contributed by atoms with Crippen LogP contribution in [-0.4, -0.2) is 22.6 Å². The number of aromatic nitrogens is 2. The van der Waals surface area contributed by atoms with E-state index >= 15 is 0 Å². The van der Waals surface area contributed by atoms with Gasteiger partial charge in [0.05, 0.1) is 11.0 Å². The molecule has 2 heterocycles. The second kappa shape index (κ2) is 5.62. The molecule has 1 aromatic heterocycles. The van der Waals surface area contributed by atoms with Gasteiger partial charge in [-0.15, -0.1) is 0 Å². The molecule has 21 heavy (non-hydrogen) atoms. The number of aryl methyl sites for hydroxylation is 1. The molecule has 2 aliphatic rings. The summed E-state index contributed by atoms with van der Waals surface area (Å²) in [7, 11) is 0. The van der Waals surface area contributed by atoms with Crippen LogP contribution in [0.1, 0.15) is 44.0 Å². The summed E-state index contributed by atoms with van der Waals surface area (Å²) in [5.41, 5.74) is 2.32. The van der Waals surface area contributed by atoms with Crippen LogP contribution in [0.15, 0.2) is 18.2 Å². The second-order valence-corrected chi connectivity index (χ2v) is 6.95. The number of hydrogen-bond donors (Lipinski definition) is 1. The van der Waals surface area contributed by atoms with Gasteiger partial charge < -0.3 is 9.88 Å². The molecule has 1 saturated carbocycles. The van der Waals surface area contributed by atoms with Crippen LogP contribution in [0.5, 0.6) is 0 Å². The topological polar surface area (TPSA) is 29.9 Å². The highest BCUT2D eigenvalue weighted by Crippen LogP contribution is 2.39. The molecule has 4 heteroatoms. The number of piperidine rings is 1. The standard InChI is InChI=1S/C17H22ClN3/c18-13-4-7-16-15(10-13)20-17(21(16)14-5-6-14)8-3-12-2-1-9-19-11-12/h4,7,10,12,14,19H,1-3,5-6,8-9,11H2. The van der Waals surface area contributed by atoms with Gasteiger partial charge in [0.25, 0.3) is 0 Å². The maximum atomic E-state index is 6.12. The maximum absolute atomic E-state index is 6.12. The van der Waals surface area contributed by atoms with Gasteiger partial charge in [0.1, 0.15) is 5.82 Å². The minimum absolute atomic E-state index is 0.677. The van der Waals surface area contributed by atoms with Crippen LogP contribution in [0.4, 0.5) is 0 Å². The highest BCUT2D eigenvalue weighted by atomic mass is 35.5. The van der Waals surface area contributed by atoms with Crippen molar-refractivity contribution in [2.45, 2.75) is 44.6 Å². The molecule has 2 fully saturated rings. The van der Waals surface area contributed by atoms with Crippen molar-refractivity contribution in [2.24, 2.45) is 5.92 Å². The Kier molecular flexibility index (Phi) is 3.64. The van der Waals surface area contributed by atoms with Gasteiger partial charge in [0.15, 0.2) is 0 Å². The summed E-state index contributed by atoms with van der Waals surface area (Å²) >= 11 is 6.12. The Hall–Kier alpha value is -1.06. The Morgan fingerprint density at radius 3 is 2.95 bits per heavy atom. The minimum atomic E-state index is 0.677. The number of halogens is 1. The summed E-state index contributed by atoms with van der Waals surface area (Å²) in [5.74, 6) is 2.08. The zero-order valence-electron chi connectivity index (χ0n) is 12.3. The largest absolute Gasteiger partial charge is 0.325 e. The number of nitrogens with zero attached hydrogens (tertiary/aromatic N) is 2. The van der Waals surface area contributed by atoms with Gasteiger partial charge >= 0.3 is 0 Å². The molecule has 0 radical (unpaired) electrons. The van der Waals surface area contributed by atoms with Crippen molar-refractivity contribution in [2.75, 3.05) is 13.1 Å². The van der Waals surface area contributed by atoms with Gasteiger partial charge in [0, 0.05) is 17.5 Å². The smallest absolute Gasteiger partial charge is 0.110 e. The fourth-order valence-electron chi connectivity index (χ4n) is 3.54. The Morgan fingerprint density at radius 1 is 1.29 bits per heavy atom. The molecule has 112 valence electrons. The molecule has 1 unspecified atom stereocenters. The molecule has 1 aromatic carbocycles. The normalized spacial score (nSPS) is 22.8. The lowest BCUT2D eigenvalue weighted by atomic mass is 9.94. The Balaban J connectivity index is 1.59. The molecular formula is C17H22ClN3. The van der Waals surface area contributed by atoms with Crippen molar-refractivity contribution in [1.29, 1.82) is 0 Å². The van der Waals surface area contributed by atoms with E-state index in [0.29, 0.717) is 6.04 Å². The average Bonchev–Trinajstić information content (AvgIpc) is 3.27. The molecule has 3 nitrogen and oxygen atoms in total. The van der Waals surface area contributed by atoms with E-state index in [-0.39, 0.29) is 0 Å². The van der Waals surface area contributed by atoms with E-state index in [1.807, 2.05) is 12.1 Å². The van der Waals surface area contributed by atoms with Crippen LogP contribution in [0.2, 0.25) is 5.02 Å². The third-order valence-corrected chi connectivity index (χ3v) is 5.05. The van der Waals surface area contributed by atoms with Crippen molar-refractivity contribution in [3.8, 4) is 0 Å². The summed E-state index contributed by atoms with van der Waals surface area (Å²) in [6.07, 6.45) is 7.62. The Morgan fingerprint density at radius 2 is 2.19 bits per heavy atom. The molecule has 0 amide bonds. The fraction of sp³-hybridized carbons (Fsp3) is 0.588. The molecule has 1 N–H and O–H groups in total. The van der Waals surface area contributed by atoms with E-state index in [1.165, 1.54) is 56.5 Å². The van der Waals surface area contributed by atoms with Crippen molar-refractivity contribution in [1.82, 2.24) is 14.9 Å². The predicted molar refractivity (Wildman–Crippen MR) is 86.9 cm³/mol. The van der Waals surface area contributed by atoms with Crippen molar-refractivity contribution < 1.29 is 0 Å². The van der Waals surface area contributed by atoms with Gasteiger partial charge in [-0.2, -0.15) is 0 Å². The number of benzene rings is 1. The zero-order valence-corrected chi connectivity index (χ0v) is 13.1. The minimum Gasteiger partial charge on any atom is -0.325 e. The van der Waals surface area contributed by atoms with Crippen LogP contribution >= 0.6 is 11.6 Å². The van der Waals surface area contributed by atoms with E-state index in [4.69, 9.17) is 16.6 Å². The van der Waals surface area contributed by atoms with Crippen LogP contribution < -0.4 is 5.32 Å². The van der Waals surface area contributed by atoms with Crippen LogP contribution in [0.25, 0.3) is 11.0 Å². The van der Waals surface area contributed by atoms with Gasteiger partial charge in [-0.05, 0) is 69.3 Å². The summed E-state index contributed by atoms with van der Waals surface area (Å²) in [6, 6.07) is 6.80. The predicted octanol–water partition coefficient (Wildman–Crippen LogP) is 3.96. The van der Waals surface area contributed by atoms with Crippen molar-refractivity contribution >= 4 is 22.6 Å². The molecular weight excluding hydrogens is 282 g/mol. The van der Waals surface area contributed by atoms with E-state index < -0.39 is 0 Å². The van der Waals surface area contributed by atoms with E-state index in [1.54, 1.807) is 0 Å². The molecule has 1 saturated heterocycles. The maximum Gasteiger partial charge on any atom is 0.110 e. The molecule has 0 spiro atoms. The van der Waals surface area contributed by atoms with Crippen molar-refractivity contribution in [3.05, 3.63) is 29.0 Å². The lowest BCUT2D eigenvalue weighted by Crippen LogP contribution is -2.30. The summed E-state index contributed by atoms with van der Waals surface area (Å²) in [4.78, 5) is 4.88. The monoisotopic (exact) mass is 303 g/mol. The van der Waals surface area contributed by atoms with Crippen LogP contribution in [-0.2, 0) is 6.42 Å². The Bertz CT molecular complexity index is 639. The number of nitrogens with one attached hydrogen (secondary N) is 1. The first-order valence-electron chi connectivity index (χ1n) is 8.18. The third kappa shape index (κ3) is 2.82. The SMILES string of the molecule is Clc1ccc2c(c1)nc(CCC1CCCNC1)n2C1CC1. The first kappa shape index (κ1) is 13.6. The van der Waals surface area contributed by atoms with E-state index in [2.05, 4.69) is 16.0 Å². The number of fused-ring (bicyclic) bond motifs is 1. The number of hydrogen-bond acceptors (Lipinski definition) is 2. The first-order valence-corrected chi connectivity index (χ1v) is 8.56. The van der Waals surface area contributed by atoms with Gasteiger partial charge in [0.2, 0.25) is 0 Å². The Labute approximate surface area is 130 Å². The van der Waals surface area contributed by atoms with E-state index in [9.17, 15) is 0 Å². The molecule has 1 aliphatic carbocycles. The molecule has 2 aromatic rings. The van der Waals surface area contributed by atoms with Gasteiger partial charge in [-0.1, -0.05) is 11.6 Å². The summed E-state index contributed by atoms with van der Waals surface area (Å²) < 4.78 is 2.47. The molecule has 4 rings (SSSR count). The zero-order chi connectivity index (χ0) is 14.2. The number of rotatable bonds is 4. The fourth-order valence-corrected chi connectivity index (χ4v) is 3.71. The summed E-state index contributed by atoms with van der Waals surface area (Å²) in [6.45, 7) is 2.37. The third-order valence-electron chi connectivity index (χ3n) is 4.81. The lowest BCUT2D eigenvalue weighted by Gasteiger charge is -2.22. The average molecular weight is 304 g/mol. The second-order valence-electron chi connectivity index (χ2n) is 6.51. The molecule has 0 bridgehead atoms. The van der Waals surface area contributed by atoms with Gasteiger partial charge in [-0.3, -0.25) is 0 Å². The highest BCUT2D eigenvalue weighted by Gasteiger charge is 2.28. The first-order chi connectivity index (χ1) is 10.3. The van der Waals surface area contributed by atoms with E-state index in [0.717, 1.165) is 22.9 Å². The molecule has 1 aliphatic heterocycles. The van der Waals surface area contributed by atoms with Crippen LogP contribution in [0, 0.1) is 5.92 Å². The number of imidazole rings is 1.